The molecule has 0 aliphatic rings. The molecule has 0 fully saturated rings. The highest BCUT2D eigenvalue weighted by Gasteiger charge is 2.06. The van der Waals surface area contributed by atoms with Crippen LogP contribution in [-0.2, 0) is 6.42 Å². The number of benzene rings is 2. The molecule has 0 radical (unpaired) electrons. The van der Waals surface area contributed by atoms with Crippen LogP contribution in [0.3, 0.4) is 0 Å². The Hall–Kier alpha value is -1.27. The topological polar surface area (TPSA) is 0 Å². The summed E-state index contributed by atoms with van der Waals surface area (Å²) in [5.41, 5.74) is 4.99. The van der Waals surface area contributed by atoms with Gasteiger partial charge in [-0.15, -0.1) is 0 Å². The Labute approximate surface area is 115 Å². The number of halogens is 1. The summed E-state index contributed by atoms with van der Waals surface area (Å²) in [4.78, 5) is 0. The van der Waals surface area contributed by atoms with Crippen LogP contribution in [0.2, 0.25) is 5.02 Å². The van der Waals surface area contributed by atoms with Crippen LogP contribution in [0.1, 0.15) is 30.9 Å². The molecule has 0 aliphatic carbocycles. The highest BCUT2D eigenvalue weighted by Crippen LogP contribution is 2.31. The molecule has 18 heavy (non-hydrogen) atoms. The minimum Gasteiger partial charge on any atom is -0.0837 e. The predicted octanol–water partition coefficient (Wildman–Crippen LogP) is 5.66. The van der Waals surface area contributed by atoms with E-state index in [1.54, 1.807) is 0 Å². The Morgan fingerprint density at radius 2 is 1.72 bits per heavy atom. The molecular formula is C17H19Cl. The number of aryl methyl sites for hydroxylation is 2. The molecule has 0 nitrogen and oxygen atoms in total. The van der Waals surface area contributed by atoms with E-state index in [1.165, 1.54) is 29.5 Å². The van der Waals surface area contributed by atoms with Gasteiger partial charge in [0.25, 0.3) is 0 Å². The van der Waals surface area contributed by atoms with Gasteiger partial charge in [0.1, 0.15) is 0 Å². The summed E-state index contributed by atoms with van der Waals surface area (Å²) < 4.78 is 0. The first kappa shape index (κ1) is 13.2. The zero-order chi connectivity index (χ0) is 13.0. The van der Waals surface area contributed by atoms with Crippen LogP contribution >= 0.6 is 11.6 Å². The van der Waals surface area contributed by atoms with Crippen molar-refractivity contribution < 1.29 is 0 Å². The van der Waals surface area contributed by atoms with E-state index in [0.29, 0.717) is 0 Å². The molecule has 0 heterocycles. The standard InChI is InChI=1S/C17H19Cl/c1-3-4-7-14-9-11-15(12-10-14)17-13(2)6-5-8-16(17)18/h5-6,8-12H,3-4,7H2,1-2H3. The van der Waals surface area contributed by atoms with Gasteiger partial charge in [-0.2, -0.15) is 0 Å². The molecular weight excluding hydrogens is 240 g/mol. The summed E-state index contributed by atoms with van der Waals surface area (Å²) in [6, 6.07) is 14.8. The predicted molar refractivity (Wildman–Crippen MR) is 80.2 cm³/mol. The second-order valence-electron chi connectivity index (χ2n) is 4.73. The van der Waals surface area contributed by atoms with Gasteiger partial charge in [0.2, 0.25) is 0 Å². The highest BCUT2D eigenvalue weighted by molar-refractivity contribution is 6.33. The summed E-state index contributed by atoms with van der Waals surface area (Å²) in [7, 11) is 0. The molecule has 0 unspecified atom stereocenters. The van der Waals surface area contributed by atoms with Crippen molar-refractivity contribution in [3.8, 4) is 11.1 Å². The van der Waals surface area contributed by atoms with Crippen LogP contribution < -0.4 is 0 Å². The van der Waals surface area contributed by atoms with E-state index in [-0.39, 0.29) is 0 Å². The second-order valence-corrected chi connectivity index (χ2v) is 5.14. The molecule has 0 aliphatic heterocycles. The minimum atomic E-state index is 0.830. The first-order chi connectivity index (χ1) is 8.72. The van der Waals surface area contributed by atoms with Gasteiger partial charge in [-0.05, 0) is 42.5 Å². The van der Waals surface area contributed by atoms with Crippen molar-refractivity contribution >= 4 is 11.6 Å². The van der Waals surface area contributed by atoms with Crippen LogP contribution in [0, 0.1) is 6.92 Å². The van der Waals surface area contributed by atoms with Crippen molar-refractivity contribution in [3.05, 3.63) is 58.6 Å². The molecule has 0 bridgehead atoms. The van der Waals surface area contributed by atoms with Gasteiger partial charge in [-0.1, -0.05) is 61.3 Å². The van der Waals surface area contributed by atoms with Crippen LogP contribution in [0.4, 0.5) is 0 Å². The lowest BCUT2D eigenvalue weighted by Crippen LogP contribution is -1.87. The summed E-state index contributed by atoms with van der Waals surface area (Å²) >= 11 is 6.29. The molecule has 2 rings (SSSR count). The molecule has 2 aromatic rings. The van der Waals surface area contributed by atoms with E-state index < -0.39 is 0 Å². The number of hydrogen-bond acceptors (Lipinski definition) is 0. The molecule has 0 N–H and O–H groups in total. The van der Waals surface area contributed by atoms with Crippen molar-refractivity contribution in [1.82, 2.24) is 0 Å². The monoisotopic (exact) mass is 258 g/mol. The van der Waals surface area contributed by atoms with E-state index in [1.807, 2.05) is 12.1 Å². The maximum absolute atomic E-state index is 6.29. The molecule has 0 spiro atoms. The largest absolute Gasteiger partial charge is 0.0837 e. The summed E-state index contributed by atoms with van der Waals surface area (Å²) in [5, 5.41) is 0.830. The first-order valence-corrected chi connectivity index (χ1v) is 6.94. The third-order valence-electron chi connectivity index (χ3n) is 3.28. The van der Waals surface area contributed by atoms with E-state index in [4.69, 9.17) is 11.6 Å². The van der Waals surface area contributed by atoms with Crippen LogP contribution in [-0.4, -0.2) is 0 Å². The third-order valence-corrected chi connectivity index (χ3v) is 3.60. The van der Waals surface area contributed by atoms with Crippen molar-refractivity contribution in [2.24, 2.45) is 0 Å². The Morgan fingerprint density at radius 3 is 2.33 bits per heavy atom. The first-order valence-electron chi connectivity index (χ1n) is 6.57. The fraction of sp³-hybridized carbons (Fsp3) is 0.294. The van der Waals surface area contributed by atoms with Gasteiger partial charge in [0.15, 0.2) is 0 Å². The van der Waals surface area contributed by atoms with Crippen LogP contribution in [0.15, 0.2) is 42.5 Å². The van der Waals surface area contributed by atoms with Crippen LogP contribution in [0.25, 0.3) is 11.1 Å². The molecule has 94 valence electrons. The molecule has 1 heteroatoms. The van der Waals surface area contributed by atoms with Gasteiger partial charge in [0, 0.05) is 10.6 Å². The SMILES string of the molecule is CCCCc1ccc(-c2c(C)cccc2Cl)cc1. The van der Waals surface area contributed by atoms with E-state index >= 15 is 0 Å². The van der Waals surface area contributed by atoms with Gasteiger partial charge < -0.3 is 0 Å². The lowest BCUT2D eigenvalue weighted by atomic mass is 9.98. The average molecular weight is 259 g/mol. The van der Waals surface area contributed by atoms with E-state index in [9.17, 15) is 0 Å². The van der Waals surface area contributed by atoms with Crippen molar-refractivity contribution in [1.29, 1.82) is 0 Å². The quantitative estimate of drug-likeness (QED) is 0.664. The summed E-state index contributed by atoms with van der Waals surface area (Å²) in [6.45, 7) is 4.33. The molecule has 0 saturated heterocycles. The molecule has 0 atom stereocenters. The Bertz CT molecular complexity index is 491. The molecule has 2 aromatic carbocycles. The van der Waals surface area contributed by atoms with Crippen molar-refractivity contribution in [2.45, 2.75) is 33.1 Å². The number of hydrogen-bond donors (Lipinski definition) is 0. The average Bonchev–Trinajstić information content (AvgIpc) is 2.37. The maximum atomic E-state index is 6.29. The second kappa shape index (κ2) is 6.06. The van der Waals surface area contributed by atoms with Crippen LogP contribution in [0.5, 0.6) is 0 Å². The Balaban J connectivity index is 2.29. The number of rotatable bonds is 4. The van der Waals surface area contributed by atoms with Crippen molar-refractivity contribution in [2.75, 3.05) is 0 Å². The fourth-order valence-electron chi connectivity index (χ4n) is 2.22. The van der Waals surface area contributed by atoms with Crippen molar-refractivity contribution in [3.63, 3.8) is 0 Å². The highest BCUT2D eigenvalue weighted by atomic mass is 35.5. The minimum absolute atomic E-state index is 0.830. The molecule has 0 aromatic heterocycles. The Kier molecular flexibility index (Phi) is 4.43. The molecule has 0 amide bonds. The van der Waals surface area contributed by atoms with Gasteiger partial charge in [0.05, 0.1) is 0 Å². The lowest BCUT2D eigenvalue weighted by molar-refractivity contribution is 0.795. The zero-order valence-electron chi connectivity index (χ0n) is 11.0. The van der Waals surface area contributed by atoms with Gasteiger partial charge in [-0.25, -0.2) is 0 Å². The lowest BCUT2D eigenvalue weighted by Gasteiger charge is -2.09. The zero-order valence-corrected chi connectivity index (χ0v) is 11.8. The molecule has 0 saturated carbocycles. The fourth-order valence-corrected chi connectivity index (χ4v) is 2.55. The summed E-state index contributed by atoms with van der Waals surface area (Å²) in [5.74, 6) is 0. The van der Waals surface area contributed by atoms with E-state index in [0.717, 1.165) is 17.0 Å². The third kappa shape index (κ3) is 2.94. The Morgan fingerprint density at radius 1 is 1.00 bits per heavy atom. The maximum Gasteiger partial charge on any atom is 0.0487 e. The summed E-state index contributed by atoms with van der Waals surface area (Å²) in [6.07, 6.45) is 3.66. The smallest absolute Gasteiger partial charge is 0.0487 e. The van der Waals surface area contributed by atoms with Gasteiger partial charge in [-0.3, -0.25) is 0 Å². The van der Waals surface area contributed by atoms with E-state index in [2.05, 4.69) is 44.2 Å². The normalized spacial score (nSPS) is 10.6. The number of unbranched alkanes of at least 4 members (excludes halogenated alkanes) is 1. The van der Waals surface area contributed by atoms with Gasteiger partial charge >= 0.3 is 0 Å².